The van der Waals surface area contributed by atoms with Gasteiger partial charge < -0.3 is 9.32 Å². The number of rotatable bonds is 7. The maximum absolute atomic E-state index is 6.16. The molecule has 0 amide bonds. The minimum Gasteiger partial charge on any atom is -0.456 e. The van der Waals surface area contributed by atoms with E-state index < -0.39 is 0 Å². The maximum Gasteiger partial charge on any atom is 0.135 e. The summed E-state index contributed by atoms with van der Waals surface area (Å²) in [6, 6.07) is 81.3. The van der Waals surface area contributed by atoms with Crippen LogP contribution in [0.2, 0.25) is 0 Å². The number of thiophene rings is 1. The van der Waals surface area contributed by atoms with E-state index in [1.54, 1.807) is 0 Å². The SMILES string of the molecule is c1cc(-c2ccc(-c3cccc4ccccc34)cc2)cc(N(c2ccc(-c3ccc4oc5ccccc5c4c3)cc2)c2ccccc2-c2cccc3sc4ccccc4c23)c1. The second-order valence-corrected chi connectivity index (χ2v) is 16.7. The van der Waals surface area contributed by atoms with Gasteiger partial charge >= 0.3 is 0 Å². The summed E-state index contributed by atoms with van der Waals surface area (Å²) in [6.07, 6.45) is 0. The topological polar surface area (TPSA) is 16.4 Å². The van der Waals surface area contributed by atoms with Crippen LogP contribution in [0.4, 0.5) is 17.1 Å². The Labute approximate surface area is 357 Å². The molecule has 0 fully saturated rings. The van der Waals surface area contributed by atoms with Crippen LogP contribution in [0.15, 0.2) is 229 Å². The number of benzene rings is 10. The fraction of sp³-hybridized carbons (Fsp3) is 0. The van der Waals surface area contributed by atoms with E-state index in [1.807, 2.05) is 23.5 Å². The van der Waals surface area contributed by atoms with Crippen molar-refractivity contribution in [1.82, 2.24) is 0 Å². The van der Waals surface area contributed by atoms with Gasteiger partial charge in [0.25, 0.3) is 0 Å². The summed E-state index contributed by atoms with van der Waals surface area (Å²) in [5, 5.41) is 7.37. The zero-order valence-electron chi connectivity index (χ0n) is 33.1. The fourth-order valence-corrected chi connectivity index (χ4v) is 10.3. The van der Waals surface area contributed by atoms with E-state index in [1.165, 1.54) is 58.8 Å². The molecule has 2 nitrogen and oxygen atoms in total. The predicted octanol–water partition coefficient (Wildman–Crippen LogP) is 17.2. The van der Waals surface area contributed by atoms with Gasteiger partial charge in [-0.15, -0.1) is 11.3 Å². The van der Waals surface area contributed by atoms with E-state index in [-0.39, 0.29) is 0 Å². The quantitative estimate of drug-likeness (QED) is 0.160. The van der Waals surface area contributed by atoms with Gasteiger partial charge in [0.05, 0.1) is 5.69 Å². The Morgan fingerprint density at radius 1 is 0.328 bits per heavy atom. The molecule has 0 saturated carbocycles. The molecule has 0 unspecified atom stereocenters. The molecular formula is C58H37NOS. The second kappa shape index (κ2) is 14.5. The highest BCUT2D eigenvalue weighted by atomic mass is 32.1. The third-order valence-electron chi connectivity index (χ3n) is 12.1. The van der Waals surface area contributed by atoms with E-state index in [0.717, 1.165) is 55.7 Å². The summed E-state index contributed by atoms with van der Waals surface area (Å²) < 4.78 is 8.76. The Balaban J connectivity index is 0.990. The lowest BCUT2D eigenvalue weighted by Gasteiger charge is -2.28. The molecule has 12 rings (SSSR count). The standard InChI is InChI=1S/C58H37NOS/c1-2-16-46-40(12-1)13-10-20-47(46)41-28-26-38(27-29-41)42-14-9-15-45(36-42)59(44-33-30-39(31-34-44)43-32-35-55-52(37-43)49-18-4-7-23-54(49)60-55)53-22-6-3-17-48(53)50-21-11-25-57-58(50)51-19-5-8-24-56(51)61-57/h1-37H. The lowest BCUT2D eigenvalue weighted by Crippen LogP contribution is -2.11. The van der Waals surface area contributed by atoms with Crippen LogP contribution in [-0.4, -0.2) is 0 Å². The molecule has 2 aromatic heterocycles. The number of hydrogen-bond donors (Lipinski definition) is 0. The van der Waals surface area contributed by atoms with Gasteiger partial charge in [0.1, 0.15) is 11.2 Å². The van der Waals surface area contributed by atoms with Gasteiger partial charge in [0, 0.05) is 47.9 Å². The number of hydrogen-bond acceptors (Lipinski definition) is 3. The van der Waals surface area contributed by atoms with Gasteiger partial charge in [-0.1, -0.05) is 164 Å². The molecule has 2 heterocycles. The lowest BCUT2D eigenvalue weighted by atomic mass is 9.95. The molecule has 0 atom stereocenters. The molecule has 0 saturated heterocycles. The van der Waals surface area contributed by atoms with Crippen molar-refractivity contribution >= 4 is 81.3 Å². The zero-order valence-corrected chi connectivity index (χ0v) is 33.9. The number of fused-ring (bicyclic) bond motifs is 7. The third-order valence-corrected chi connectivity index (χ3v) is 13.2. The Morgan fingerprint density at radius 2 is 0.918 bits per heavy atom. The van der Waals surface area contributed by atoms with Crippen LogP contribution in [0.1, 0.15) is 0 Å². The van der Waals surface area contributed by atoms with Crippen LogP contribution in [0.5, 0.6) is 0 Å². The molecule has 0 aliphatic carbocycles. The number of anilines is 3. The molecule has 0 aliphatic heterocycles. The summed E-state index contributed by atoms with van der Waals surface area (Å²) in [6.45, 7) is 0. The Hall–Kier alpha value is -7.72. The molecule has 61 heavy (non-hydrogen) atoms. The smallest absolute Gasteiger partial charge is 0.135 e. The summed E-state index contributed by atoms with van der Waals surface area (Å²) >= 11 is 1.86. The van der Waals surface area contributed by atoms with Crippen LogP contribution < -0.4 is 4.90 Å². The van der Waals surface area contributed by atoms with Crippen LogP contribution in [0.3, 0.4) is 0 Å². The third kappa shape index (κ3) is 6.09. The highest BCUT2D eigenvalue weighted by molar-refractivity contribution is 7.25. The highest BCUT2D eigenvalue weighted by Gasteiger charge is 2.21. The van der Waals surface area contributed by atoms with Crippen LogP contribution in [-0.2, 0) is 0 Å². The monoisotopic (exact) mass is 795 g/mol. The number of furan rings is 1. The van der Waals surface area contributed by atoms with Crippen LogP contribution >= 0.6 is 11.3 Å². The zero-order chi connectivity index (χ0) is 40.3. The molecule has 10 aromatic carbocycles. The van der Waals surface area contributed by atoms with E-state index in [4.69, 9.17) is 4.42 Å². The Bertz CT molecular complexity index is 3590. The van der Waals surface area contributed by atoms with Gasteiger partial charge in [0.15, 0.2) is 0 Å². The second-order valence-electron chi connectivity index (χ2n) is 15.6. The highest BCUT2D eigenvalue weighted by Crippen LogP contribution is 2.47. The van der Waals surface area contributed by atoms with Gasteiger partial charge in [-0.2, -0.15) is 0 Å². The molecule has 3 heteroatoms. The lowest BCUT2D eigenvalue weighted by molar-refractivity contribution is 0.669. The molecule has 0 bridgehead atoms. The van der Waals surface area contributed by atoms with Gasteiger partial charge in [-0.25, -0.2) is 0 Å². The van der Waals surface area contributed by atoms with E-state index in [0.29, 0.717) is 0 Å². The van der Waals surface area contributed by atoms with Crippen molar-refractivity contribution < 1.29 is 4.42 Å². The van der Waals surface area contributed by atoms with E-state index >= 15 is 0 Å². The molecule has 0 radical (unpaired) electrons. The van der Waals surface area contributed by atoms with Crippen molar-refractivity contribution in [2.45, 2.75) is 0 Å². The van der Waals surface area contributed by atoms with Crippen LogP contribution in [0.25, 0.3) is 97.4 Å². The average molecular weight is 796 g/mol. The van der Waals surface area contributed by atoms with Crippen molar-refractivity contribution in [3.8, 4) is 44.5 Å². The number of nitrogens with zero attached hydrogens (tertiary/aromatic N) is 1. The largest absolute Gasteiger partial charge is 0.456 e. The Kier molecular flexibility index (Phi) is 8.39. The summed E-state index contributed by atoms with van der Waals surface area (Å²) in [7, 11) is 0. The molecule has 0 spiro atoms. The first-order chi connectivity index (χ1) is 30.2. The molecular weight excluding hydrogens is 759 g/mol. The normalized spacial score (nSPS) is 11.6. The van der Waals surface area contributed by atoms with Crippen molar-refractivity contribution in [1.29, 1.82) is 0 Å². The average Bonchev–Trinajstić information content (AvgIpc) is 3.90. The summed E-state index contributed by atoms with van der Waals surface area (Å²) in [5.41, 5.74) is 14.6. The summed E-state index contributed by atoms with van der Waals surface area (Å²) in [5.74, 6) is 0. The van der Waals surface area contributed by atoms with Crippen molar-refractivity contribution in [2.75, 3.05) is 4.90 Å². The van der Waals surface area contributed by atoms with Crippen molar-refractivity contribution in [2.24, 2.45) is 0 Å². The first-order valence-corrected chi connectivity index (χ1v) is 21.6. The first-order valence-electron chi connectivity index (χ1n) is 20.7. The van der Waals surface area contributed by atoms with Crippen LogP contribution in [0, 0.1) is 0 Å². The first kappa shape index (κ1) is 35.2. The predicted molar refractivity (Wildman–Crippen MR) is 261 cm³/mol. The van der Waals surface area contributed by atoms with Gasteiger partial charge in [-0.3, -0.25) is 0 Å². The van der Waals surface area contributed by atoms with Crippen molar-refractivity contribution in [3.63, 3.8) is 0 Å². The maximum atomic E-state index is 6.16. The number of para-hydroxylation sites is 2. The van der Waals surface area contributed by atoms with Crippen molar-refractivity contribution in [3.05, 3.63) is 224 Å². The molecule has 0 N–H and O–H groups in total. The Morgan fingerprint density at radius 3 is 1.80 bits per heavy atom. The van der Waals surface area contributed by atoms with Gasteiger partial charge in [0.2, 0.25) is 0 Å². The van der Waals surface area contributed by atoms with Gasteiger partial charge in [-0.05, 0) is 110 Å². The minimum atomic E-state index is 0.904. The molecule has 286 valence electrons. The fourth-order valence-electron chi connectivity index (χ4n) is 9.18. The van der Waals surface area contributed by atoms with E-state index in [9.17, 15) is 0 Å². The minimum absolute atomic E-state index is 0.904. The van der Waals surface area contributed by atoms with E-state index in [2.05, 4.69) is 217 Å². The molecule has 12 aromatic rings. The molecule has 0 aliphatic rings. The summed E-state index contributed by atoms with van der Waals surface area (Å²) in [4.78, 5) is 2.42.